The molecule has 2 aliphatic heterocycles. The van der Waals surface area contributed by atoms with Gasteiger partial charge in [-0.1, -0.05) is 30.3 Å². The number of urea groups is 1. The van der Waals surface area contributed by atoms with Crippen LogP contribution in [0.15, 0.2) is 30.3 Å². The first kappa shape index (κ1) is 18.4. The Morgan fingerprint density at radius 2 is 1.92 bits per heavy atom. The van der Waals surface area contributed by atoms with Crippen molar-refractivity contribution in [2.75, 3.05) is 19.8 Å². The molecule has 0 radical (unpaired) electrons. The van der Waals surface area contributed by atoms with Crippen molar-refractivity contribution in [1.82, 2.24) is 15.5 Å². The van der Waals surface area contributed by atoms with E-state index in [1.165, 1.54) is 4.90 Å². The number of carbonyl (C=O) groups is 3. The SMILES string of the molecule is O=C(CC[C@@H]1NC(=O)N(Cc2ccccc2)C1=O)NCC1CCOCC1. The van der Waals surface area contributed by atoms with E-state index in [2.05, 4.69) is 10.6 Å². The molecule has 7 heteroatoms. The van der Waals surface area contributed by atoms with Gasteiger partial charge in [-0.05, 0) is 30.7 Å². The molecule has 0 aliphatic carbocycles. The van der Waals surface area contributed by atoms with Crippen LogP contribution in [0.1, 0.15) is 31.2 Å². The van der Waals surface area contributed by atoms with Crippen LogP contribution in [0.4, 0.5) is 4.79 Å². The average Bonchev–Trinajstić information content (AvgIpc) is 2.94. The molecule has 2 saturated heterocycles. The molecule has 0 aromatic heterocycles. The number of amides is 4. The molecule has 7 nitrogen and oxygen atoms in total. The number of nitrogens with zero attached hydrogens (tertiary/aromatic N) is 1. The number of rotatable bonds is 7. The maximum atomic E-state index is 12.4. The fraction of sp³-hybridized carbons (Fsp3) is 0.526. The van der Waals surface area contributed by atoms with E-state index in [1.807, 2.05) is 30.3 Å². The minimum Gasteiger partial charge on any atom is -0.381 e. The second kappa shape index (κ2) is 8.80. The average molecular weight is 359 g/mol. The van der Waals surface area contributed by atoms with Crippen molar-refractivity contribution in [3.8, 4) is 0 Å². The molecule has 2 aliphatic rings. The van der Waals surface area contributed by atoms with Gasteiger partial charge in [-0.15, -0.1) is 0 Å². The third-order valence-electron chi connectivity index (χ3n) is 4.88. The highest BCUT2D eigenvalue weighted by Crippen LogP contribution is 2.16. The van der Waals surface area contributed by atoms with Crippen LogP contribution in [0.25, 0.3) is 0 Å². The van der Waals surface area contributed by atoms with Gasteiger partial charge in [0.1, 0.15) is 6.04 Å². The van der Waals surface area contributed by atoms with Crippen LogP contribution in [0, 0.1) is 5.92 Å². The van der Waals surface area contributed by atoms with E-state index in [0.29, 0.717) is 18.9 Å². The number of hydrogen-bond donors (Lipinski definition) is 2. The Balaban J connectivity index is 1.42. The molecule has 3 rings (SSSR count). The molecule has 0 spiro atoms. The first-order valence-corrected chi connectivity index (χ1v) is 9.13. The van der Waals surface area contributed by atoms with Gasteiger partial charge < -0.3 is 15.4 Å². The van der Waals surface area contributed by atoms with Crippen LogP contribution in [-0.4, -0.2) is 48.5 Å². The number of imide groups is 1. The minimum absolute atomic E-state index is 0.0833. The monoisotopic (exact) mass is 359 g/mol. The van der Waals surface area contributed by atoms with Gasteiger partial charge in [-0.25, -0.2) is 4.79 Å². The topological polar surface area (TPSA) is 87.7 Å². The number of carbonyl (C=O) groups excluding carboxylic acids is 3. The quantitative estimate of drug-likeness (QED) is 0.721. The van der Waals surface area contributed by atoms with E-state index in [0.717, 1.165) is 31.6 Å². The lowest BCUT2D eigenvalue weighted by Gasteiger charge is -2.22. The van der Waals surface area contributed by atoms with E-state index in [9.17, 15) is 14.4 Å². The molecular formula is C19H25N3O4. The van der Waals surface area contributed by atoms with Crippen molar-refractivity contribution in [3.05, 3.63) is 35.9 Å². The Kier molecular flexibility index (Phi) is 6.22. The summed E-state index contributed by atoms with van der Waals surface area (Å²) in [4.78, 5) is 37.7. The van der Waals surface area contributed by atoms with Crippen LogP contribution in [0.2, 0.25) is 0 Å². The third-order valence-corrected chi connectivity index (χ3v) is 4.88. The molecule has 2 N–H and O–H groups in total. The molecule has 1 aromatic rings. The summed E-state index contributed by atoms with van der Waals surface area (Å²) in [6.07, 6.45) is 2.46. The molecule has 0 bridgehead atoms. The van der Waals surface area contributed by atoms with Gasteiger partial charge in [0, 0.05) is 26.2 Å². The summed E-state index contributed by atoms with van der Waals surface area (Å²) in [5.74, 6) is 0.109. The van der Waals surface area contributed by atoms with Crippen molar-refractivity contribution in [3.63, 3.8) is 0 Å². The highest BCUT2D eigenvalue weighted by atomic mass is 16.5. The summed E-state index contributed by atoms with van der Waals surface area (Å²) in [7, 11) is 0. The molecule has 1 atom stereocenters. The summed E-state index contributed by atoms with van der Waals surface area (Å²) in [6, 6.07) is 8.35. The zero-order valence-corrected chi connectivity index (χ0v) is 14.8. The predicted molar refractivity (Wildman–Crippen MR) is 95.1 cm³/mol. The van der Waals surface area contributed by atoms with Gasteiger partial charge in [-0.3, -0.25) is 14.5 Å². The summed E-state index contributed by atoms with van der Waals surface area (Å²) in [5.41, 5.74) is 0.894. The number of benzene rings is 1. The molecule has 26 heavy (non-hydrogen) atoms. The Bertz CT molecular complexity index is 643. The lowest BCUT2D eigenvalue weighted by Crippen LogP contribution is -2.35. The van der Waals surface area contributed by atoms with Gasteiger partial charge in [0.05, 0.1) is 6.54 Å². The first-order valence-electron chi connectivity index (χ1n) is 9.13. The fourth-order valence-electron chi connectivity index (χ4n) is 3.26. The van der Waals surface area contributed by atoms with Gasteiger partial charge in [0.2, 0.25) is 5.91 Å². The van der Waals surface area contributed by atoms with Crippen LogP contribution >= 0.6 is 0 Å². The molecule has 140 valence electrons. The highest BCUT2D eigenvalue weighted by Gasteiger charge is 2.37. The summed E-state index contributed by atoms with van der Waals surface area (Å²) in [6.45, 7) is 2.39. The largest absolute Gasteiger partial charge is 0.381 e. The summed E-state index contributed by atoms with van der Waals surface area (Å²) < 4.78 is 5.30. The van der Waals surface area contributed by atoms with Gasteiger partial charge >= 0.3 is 6.03 Å². The zero-order valence-electron chi connectivity index (χ0n) is 14.8. The Morgan fingerprint density at radius 1 is 1.19 bits per heavy atom. The molecule has 1 aromatic carbocycles. The molecular weight excluding hydrogens is 334 g/mol. The zero-order chi connectivity index (χ0) is 18.4. The lowest BCUT2D eigenvalue weighted by molar-refractivity contribution is -0.128. The fourth-order valence-corrected chi connectivity index (χ4v) is 3.26. The second-order valence-electron chi connectivity index (χ2n) is 6.81. The van der Waals surface area contributed by atoms with Crippen molar-refractivity contribution in [2.24, 2.45) is 5.92 Å². The number of nitrogens with one attached hydrogen (secondary N) is 2. The maximum Gasteiger partial charge on any atom is 0.325 e. The number of hydrogen-bond acceptors (Lipinski definition) is 4. The minimum atomic E-state index is -0.625. The maximum absolute atomic E-state index is 12.4. The van der Waals surface area contributed by atoms with Crippen LogP contribution in [-0.2, 0) is 20.9 Å². The van der Waals surface area contributed by atoms with Crippen LogP contribution in [0.3, 0.4) is 0 Å². The standard InChI is InChI=1S/C19H25N3O4/c23-17(20-12-14-8-10-26-11-9-14)7-6-16-18(24)22(19(25)21-16)13-15-4-2-1-3-5-15/h1-5,14,16H,6-13H2,(H,20,23)(H,21,25)/t16-/m0/s1. The normalized spacial score (nSPS) is 20.9. The van der Waals surface area contributed by atoms with E-state index >= 15 is 0 Å². The molecule has 0 unspecified atom stereocenters. The first-order chi connectivity index (χ1) is 12.6. The van der Waals surface area contributed by atoms with Crippen molar-refractivity contribution in [1.29, 1.82) is 0 Å². The van der Waals surface area contributed by atoms with Gasteiger partial charge in [-0.2, -0.15) is 0 Å². The van der Waals surface area contributed by atoms with E-state index in [4.69, 9.17) is 4.74 Å². The van der Waals surface area contributed by atoms with Crippen molar-refractivity contribution >= 4 is 17.8 Å². The lowest BCUT2D eigenvalue weighted by atomic mass is 10.0. The van der Waals surface area contributed by atoms with E-state index < -0.39 is 12.1 Å². The van der Waals surface area contributed by atoms with E-state index in [-0.39, 0.29) is 24.8 Å². The Morgan fingerprint density at radius 3 is 2.65 bits per heavy atom. The van der Waals surface area contributed by atoms with Crippen molar-refractivity contribution in [2.45, 2.75) is 38.3 Å². The molecule has 2 fully saturated rings. The predicted octanol–water partition coefficient (Wildman–Crippen LogP) is 1.43. The smallest absolute Gasteiger partial charge is 0.325 e. The summed E-state index contributed by atoms with van der Waals surface area (Å²) in [5, 5.41) is 5.60. The van der Waals surface area contributed by atoms with Gasteiger partial charge in [0.25, 0.3) is 5.91 Å². The van der Waals surface area contributed by atoms with Crippen LogP contribution < -0.4 is 10.6 Å². The third kappa shape index (κ3) is 4.82. The van der Waals surface area contributed by atoms with Gasteiger partial charge in [0.15, 0.2) is 0 Å². The molecule has 4 amide bonds. The van der Waals surface area contributed by atoms with Crippen LogP contribution in [0.5, 0.6) is 0 Å². The van der Waals surface area contributed by atoms with E-state index in [1.54, 1.807) is 0 Å². The Labute approximate surface area is 153 Å². The number of ether oxygens (including phenoxy) is 1. The second-order valence-corrected chi connectivity index (χ2v) is 6.81. The van der Waals surface area contributed by atoms with Crippen molar-refractivity contribution < 1.29 is 19.1 Å². The molecule has 2 heterocycles. The Hall–Kier alpha value is -2.41. The molecule has 0 saturated carbocycles. The summed E-state index contributed by atoms with van der Waals surface area (Å²) >= 11 is 0. The highest BCUT2D eigenvalue weighted by molar-refractivity contribution is 6.04.